The quantitative estimate of drug-likeness (QED) is 0.304. The molecule has 0 fully saturated rings. The maximum absolute atomic E-state index is 13.2. The van der Waals surface area contributed by atoms with E-state index in [1.54, 1.807) is 29.2 Å². The van der Waals surface area contributed by atoms with Crippen molar-refractivity contribution in [3.8, 4) is 5.75 Å². The number of hydrogen-bond acceptors (Lipinski definition) is 5. The van der Waals surface area contributed by atoms with Crippen molar-refractivity contribution in [2.45, 2.75) is 43.8 Å². The minimum atomic E-state index is -4.69. The fraction of sp³-hybridized carbons (Fsp3) is 0.321. The lowest BCUT2D eigenvalue weighted by Gasteiger charge is -2.24. The molecule has 3 rings (SSSR count). The summed E-state index contributed by atoms with van der Waals surface area (Å²) in [4.78, 5) is 14.2. The highest BCUT2D eigenvalue weighted by Gasteiger charge is 2.32. The zero-order valence-electron chi connectivity index (χ0n) is 21.6. The Bertz CT molecular complexity index is 1350. The smallest absolute Gasteiger partial charge is 0.383 e. The lowest BCUT2D eigenvalue weighted by molar-refractivity contribution is -0.137. The molecule has 0 heterocycles. The first-order chi connectivity index (χ1) is 17.7. The number of hydrogen-bond donors (Lipinski definition) is 0. The van der Waals surface area contributed by atoms with Crippen LogP contribution in [0.2, 0.25) is 0 Å². The van der Waals surface area contributed by atoms with Gasteiger partial charge in [-0.3, -0.25) is 4.79 Å². The Hall–Kier alpha value is -3.37. The standard InChI is InChI=1S/C28H30F3NO5S/c1-27(2,3)22-12-10-21(11-13-22)26(33)32(16-17-36-4)19-20-8-14-24(15-9-20)37-38(34,35)25-7-5-6-23(18-25)28(29,30)31/h5-15,18H,16-17,19H2,1-4H3. The van der Waals surface area contributed by atoms with Gasteiger partial charge in [0.1, 0.15) is 10.6 Å². The van der Waals surface area contributed by atoms with Crippen molar-refractivity contribution in [1.29, 1.82) is 0 Å². The number of amides is 1. The topological polar surface area (TPSA) is 72.9 Å². The van der Waals surface area contributed by atoms with Crippen LogP contribution in [0.4, 0.5) is 13.2 Å². The second-order valence-corrected chi connectivity index (χ2v) is 11.3. The van der Waals surface area contributed by atoms with E-state index in [2.05, 4.69) is 20.8 Å². The van der Waals surface area contributed by atoms with E-state index in [1.807, 2.05) is 12.1 Å². The zero-order chi connectivity index (χ0) is 28.1. The molecule has 0 saturated heterocycles. The summed E-state index contributed by atoms with van der Waals surface area (Å²) >= 11 is 0. The van der Waals surface area contributed by atoms with Crippen LogP contribution in [0, 0.1) is 0 Å². The monoisotopic (exact) mass is 549 g/mol. The van der Waals surface area contributed by atoms with Gasteiger partial charge in [0.25, 0.3) is 5.91 Å². The van der Waals surface area contributed by atoms with Crippen LogP contribution >= 0.6 is 0 Å². The van der Waals surface area contributed by atoms with Gasteiger partial charge in [-0.2, -0.15) is 21.6 Å². The summed E-state index contributed by atoms with van der Waals surface area (Å²) in [5, 5.41) is 0. The minimum Gasteiger partial charge on any atom is -0.383 e. The van der Waals surface area contributed by atoms with Gasteiger partial charge in [0.2, 0.25) is 0 Å². The van der Waals surface area contributed by atoms with Crippen molar-refractivity contribution in [2.24, 2.45) is 0 Å². The van der Waals surface area contributed by atoms with Crippen LogP contribution in [0.5, 0.6) is 5.75 Å². The molecule has 0 N–H and O–H groups in total. The van der Waals surface area contributed by atoms with E-state index in [-0.39, 0.29) is 23.6 Å². The Kier molecular flexibility index (Phi) is 8.89. The van der Waals surface area contributed by atoms with Crippen LogP contribution < -0.4 is 4.18 Å². The Balaban J connectivity index is 1.75. The molecule has 0 aromatic heterocycles. The van der Waals surface area contributed by atoms with Crippen molar-refractivity contribution in [2.75, 3.05) is 20.3 Å². The molecule has 0 saturated carbocycles. The molecule has 0 aliphatic rings. The molecular weight excluding hydrogens is 519 g/mol. The SMILES string of the molecule is COCCN(Cc1ccc(OS(=O)(=O)c2cccc(C(F)(F)F)c2)cc1)C(=O)c1ccc(C(C)(C)C)cc1. The third-order valence-electron chi connectivity index (χ3n) is 5.80. The third-order valence-corrected chi connectivity index (χ3v) is 7.05. The molecular formula is C28H30F3NO5S. The van der Waals surface area contributed by atoms with E-state index < -0.39 is 26.8 Å². The number of rotatable bonds is 9. The van der Waals surface area contributed by atoms with Gasteiger partial charge in [-0.05, 0) is 59.0 Å². The van der Waals surface area contributed by atoms with E-state index in [9.17, 15) is 26.4 Å². The van der Waals surface area contributed by atoms with Gasteiger partial charge < -0.3 is 13.8 Å². The summed E-state index contributed by atoms with van der Waals surface area (Å²) in [5.41, 5.74) is 1.20. The van der Waals surface area contributed by atoms with E-state index >= 15 is 0 Å². The fourth-order valence-electron chi connectivity index (χ4n) is 3.62. The molecule has 0 atom stereocenters. The normalized spacial score (nSPS) is 12.3. The van der Waals surface area contributed by atoms with Crippen molar-refractivity contribution in [3.05, 3.63) is 95.1 Å². The van der Waals surface area contributed by atoms with Crippen molar-refractivity contribution < 1.29 is 35.3 Å². The number of alkyl halides is 3. The molecule has 6 nitrogen and oxygen atoms in total. The molecule has 0 aliphatic heterocycles. The molecule has 0 unspecified atom stereocenters. The molecule has 3 aromatic carbocycles. The van der Waals surface area contributed by atoms with Gasteiger partial charge in [0.15, 0.2) is 0 Å². The van der Waals surface area contributed by atoms with Crippen molar-refractivity contribution in [1.82, 2.24) is 4.90 Å². The highest BCUT2D eigenvalue weighted by atomic mass is 32.2. The number of carbonyl (C=O) groups is 1. The van der Waals surface area contributed by atoms with E-state index in [1.165, 1.54) is 19.2 Å². The number of halogens is 3. The Morgan fingerprint density at radius 1 is 0.895 bits per heavy atom. The number of methoxy groups -OCH3 is 1. The molecule has 3 aromatic rings. The lowest BCUT2D eigenvalue weighted by atomic mass is 9.86. The summed E-state index contributed by atoms with van der Waals surface area (Å²) in [5.74, 6) is -0.256. The first kappa shape index (κ1) is 29.2. The van der Waals surface area contributed by atoms with Crippen LogP contribution in [0.15, 0.2) is 77.7 Å². The summed E-state index contributed by atoms with van der Waals surface area (Å²) < 4.78 is 74.2. The van der Waals surface area contributed by atoms with Gasteiger partial charge in [-0.25, -0.2) is 0 Å². The Morgan fingerprint density at radius 2 is 1.53 bits per heavy atom. The summed E-state index contributed by atoms with van der Waals surface area (Å²) in [6.45, 7) is 7.15. The summed E-state index contributed by atoms with van der Waals surface area (Å²) in [6, 6.07) is 16.7. The minimum absolute atomic E-state index is 0.0459. The number of benzene rings is 3. The molecule has 0 aliphatic carbocycles. The molecule has 0 radical (unpaired) electrons. The van der Waals surface area contributed by atoms with Gasteiger partial charge in [0, 0.05) is 25.8 Å². The fourth-order valence-corrected chi connectivity index (χ4v) is 4.60. The average Bonchev–Trinajstić information content (AvgIpc) is 2.86. The number of ether oxygens (including phenoxy) is 1. The second-order valence-electron chi connectivity index (χ2n) is 9.75. The van der Waals surface area contributed by atoms with Crippen LogP contribution in [0.1, 0.15) is 47.8 Å². The number of carbonyl (C=O) groups excluding carboxylic acids is 1. The van der Waals surface area contributed by atoms with Crippen molar-refractivity contribution in [3.63, 3.8) is 0 Å². The summed E-state index contributed by atoms with van der Waals surface area (Å²) in [7, 11) is -2.95. The van der Waals surface area contributed by atoms with E-state index in [0.717, 1.165) is 23.8 Å². The first-order valence-electron chi connectivity index (χ1n) is 11.8. The zero-order valence-corrected chi connectivity index (χ0v) is 22.4. The molecule has 204 valence electrons. The third kappa shape index (κ3) is 7.58. The molecule has 1 amide bonds. The highest BCUT2D eigenvalue weighted by molar-refractivity contribution is 7.87. The maximum atomic E-state index is 13.2. The molecule has 0 bridgehead atoms. The van der Waals surface area contributed by atoms with Gasteiger partial charge in [-0.1, -0.05) is 51.1 Å². The van der Waals surface area contributed by atoms with Gasteiger partial charge in [-0.15, -0.1) is 0 Å². The van der Waals surface area contributed by atoms with Crippen molar-refractivity contribution >= 4 is 16.0 Å². The largest absolute Gasteiger partial charge is 0.416 e. The van der Waals surface area contributed by atoms with Crippen LogP contribution in [-0.2, 0) is 33.0 Å². The maximum Gasteiger partial charge on any atom is 0.416 e. The summed E-state index contributed by atoms with van der Waals surface area (Å²) in [6.07, 6.45) is -4.69. The van der Waals surface area contributed by atoms with Crippen LogP contribution in [-0.4, -0.2) is 39.5 Å². The average molecular weight is 550 g/mol. The van der Waals surface area contributed by atoms with Crippen LogP contribution in [0.3, 0.4) is 0 Å². The molecule has 10 heteroatoms. The Labute approximate surface area is 221 Å². The van der Waals surface area contributed by atoms with Gasteiger partial charge in [0.05, 0.1) is 12.2 Å². The molecule has 0 spiro atoms. The van der Waals surface area contributed by atoms with Crippen LogP contribution in [0.25, 0.3) is 0 Å². The number of nitrogens with zero attached hydrogens (tertiary/aromatic N) is 1. The van der Waals surface area contributed by atoms with E-state index in [4.69, 9.17) is 8.92 Å². The predicted octanol–water partition coefficient (Wildman–Crippen LogP) is 6.06. The van der Waals surface area contributed by atoms with E-state index in [0.29, 0.717) is 30.3 Å². The first-order valence-corrected chi connectivity index (χ1v) is 13.2. The van der Waals surface area contributed by atoms with Gasteiger partial charge >= 0.3 is 16.3 Å². The second kappa shape index (κ2) is 11.6. The Morgan fingerprint density at radius 3 is 2.08 bits per heavy atom. The predicted molar refractivity (Wildman–Crippen MR) is 137 cm³/mol. The molecule has 38 heavy (non-hydrogen) atoms. The highest BCUT2D eigenvalue weighted by Crippen LogP contribution is 2.31. The lowest BCUT2D eigenvalue weighted by Crippen LogP contribution is -2.33.